The molecule has 17 heavy (non-hydrogen) atoms. The van der Waals surface area contributed by atoms with Crippen molar-refractivity contribution in [2.75, 3.05) is 0 Å². The van der Waals surface area contributed by atoms with Gasteiger partial charge in [-0.25, -0.2) is 4.39 Å². The number of carbonyl (C=O) groups is 1. The van der Waals surface area contributed by atoms with Gasteiger partial charge in [0.05, 0.1) is 5.92 Å². The molecule has 0 radical (unpaired) electrons. The quantitative estimate of drug-likeness (QED) is 0.845. The average molecular weight is 237 g/mol. The molecule has 1 saturated carbocycles. The van der Waals surface area contributed by atoms with Gasteiger partial charge < -0.3 is 10.4 Å². The minimum Gasteiger partial charge on any atom is -0.481 e. The summed E-state index contributed by atoms with van der Waals surface area (Å²) in [7, 11) is 0. The van der Waals surface area contributed by atoms with Crippen molar-refractivity contribution in [2.24, 2.45) is 5.92 Å². The van der Waals surface area contributed by atoms with E-state index in [-0.39, 0.29) is 23.8 Å². The number of hydrogen-bond acceptors (Lipinski definition) is 2. The second-order valence-corrected chi connectivity index (χ2v) is 4.54. The number of carboxylic acids is 1. The first-order valence-electron chi connectivity index (χ1n) is 5.83. The zero-order valence-electron chi connectivity index (χ0n) is 9.69. The fourth-order valence-electron chi connectivity index (χ4n) is 2.23. The highest BCUT2D eigenvalue weighted by atomic mass is 19.1. The molecule has 0 aromatic heterocycles. The first-order valence-corrected chi connectivity index (χ1v) is 5.83. The number of aliphatic carboxylic acids is 1. The van der Waals surface area contributed by atoms with Gasteiger partial charge in [-0.15, -0.1) is 0 Å². The highest BCUT2D eigenvalue weighted by molar-refractivity contribution is 5.72. The summed E-state index contributed by atoms with van der Waals surface area (Å²) >= 11 is 0. The monoisotopic (exact) mass is 237 g/mol. The Bertz CT molecular complexity index is 422. The summed E-state index contributed by atoms with van der Waals surface area (Å²) in [4.78, 5) is 10.9. The van der Waals surface area contributed by atoms with Crippen LogP contribution in [0.5, 0.6) is 0 Å². The number of carboxylic acid groups (broad SMARTS) is 1. The summed E-state index contributed by atoms with van der Waals surface area (Å²) in [6, 6.07) is 6.37. The van der Waals surface area contributed by atoms with Crippen LogP contribution in [0, 0.1) is 11.7 Å². The average Bonchev–Trinajstić information content (AvgIpc) is 2.24. The summed E-state index contributed by atoms with van der Waals surface area (Å²) in [5, 5.41) is 12.1. The van der Waals surface area contributed by atoms with Crippen LogP contribution in [-0.2, 0) is 4.79 Å². The van der Waals surface area contributed by atoms with E-state index in [1.54, 1.807) is 18.2 Å². The molecular weight excluding hydrogens is 221 g/mol. The van der Waals surface area contributed by atoms with Gasteiger partial charge in [-0.2, -0.15) is 0 Å². The Kier molecular flexibility index (Phi) is 3.43. The molecule has 1 fully saturated rings. The molecule has 0 bridgehead atoms. The van der Waals surface area contributed by atoms with Crippen LogP contribution in [0.4, 0.5) is 4.39 Å². The second kappa shape index (κ2) is 4.84. The van der Waals surface area contributed by atoms with E-state index in [9.17, 15) is 9.18 Å². The van der Waals surface area contributed by atoms with Gasteiger partial charge in [0.15, 0.2) is 0 Å². The van der Waals surface area contributed by atoms with E-state index in [1.807, 2.05) is 6.92 Å². The Morgan fingerprint density at radius 2 is 2.18 bits per heavy atom. The van der Waals surface area contributed by atoms with Crippen LogP contribution in [0.3, 0.4) is 0 Å². The lowest BCUT2D eigenvalue weighted by molar-refractivity contribution is -0.146. The zero-order valence-corrected chi connectivity index (χ0v) is 9.69. The van der Waals surface area contributed by atoms with Crippen LogP contribution in [0.1, 0.15) is 31.4 Å². The predicted molar refractivity (Wildman–Crippen MR) is 62.1 cm³/mol. The molecule has 0 spiro atoms. The fourth-order valence-corrected chi connectivity index (χ4v) is 2.23. The van der Waals surface area contributed by atoms with E-state index < -0.39 is 5.97 Å². The van der Waals surface area contributed by atoms with E-state index in [4.69, 9.17) is 5.11 Å². The smallest absolute Gasteiger partial charge is 0.308 e. The van der Waals surface area contributed by atoms with E-state index in [0.29, 0.717) is 12.0 Å². The zero-order chi connectivity index (χ0) is 12.4. The summed E-state index contributed by atoms with van der Waals surface area (Å²) in [6.07, 6.45) is 1.55. The molecule has 0 heterocycles. The van der Waals surface area contributed by atoms with E-state index in [2.05, 4.69) is 5.32 Å². The number of halogens is 1. The maximum Gasteiger partial charge on any atom is 0.308 e. The topological polar surface area (TPSA) is 49.3 Å². The number of hydrogen-bond donors (Lipinski definition) is 2. The van der Waals surface area contributed by atoms with Crippen LogP contribution >= 0.6 is 0 Å². The van der Waals surface area contributed by atoms with E-state index in [1.165, 1.54) is 6.07 Å². The molecule has 92 valence electrons. The Morgan fingerprint density at radius 3 is 2.71 bits per heavy atom. The summed E-state index contributed by atoms with van der Waals surface area (Å²) in [6.45, 7) is 1.86. The molecule has 0 amide bonds. The SMILES string of the molecule is CC(NC1CCC1C(=O)O)c1ccccc1F. The normalized spacial score (nSPS) is 25.1. The molecule has 3 unspecified atom stereocenters. The summed E-state index contributed by atoms with van der Waals surface area (Å²) in [5.41, 5.74) is 0.587. The van der Waals surface area contributed by atoms with Crippen molar-refractivity contribution in [1.82, 2.24) is 5.32 Å². The van der Waals surface area contributed by atoms with Crippen molar-refractivity contribution in [3.05, 3.63) is 35.6 Å². The number of nitrogens with one attached hydrogen (secondary N) is 1. The Hall–Kier alpha value is -1.42. The summed E-state index contributed by atoms with van der Waals surface area (Å²) in [5.74, 6) is -1.35. The molecule has 4 heteroatoms. The second-order valence-electron chi connectivity index (χ2n) is 4.54. The molecule has 1 aromatic carbocycles. The van der Waals surface area contributed by atoms with Crippen LogP contribution in [-0.4, -0.2) is 17.1 Å². The van der Waals surface area contributed by atoms with Crippen molar-refractivity contribution in [2.45, 2.75) is 31.8 Å². The fraction of sp³-hybridized carbons (Fsp3) is 0.462. The van der Waals surface area contributed by atoms with Crippen LogP contribution in [0.2, 0.25) is 0 Å². The standard InChI is InChI=1S/C13H16FNO2/c1-8(9-4-2-3-5-11(9)14)15-12-7-6-10(12)13(16)17/h2-5,8,10,12,15H,6-7H2,1H3,(H,16,17). The largest absolute Gasteiger partial charge is 0.481 e. The lowest BCUT2D eigenvalue weighted by Gasteiger charge is -2.36. The predicted octanol–water partition coefficient (Wildman–Crippen LogP) is 2.34. The summed E-state index contributed by atoms with van der Waals surface area (Å²) < 4.78 is 13.5. The van der Waals surface area contributed by atoms with Crippen molar-refractivity contribution in [3.63, 3.8) is 0 Å². The lowest BCUT2D eigenvalue weighted by atomic mass is 9.79. The van der Waals surface area contributed by atoms with Gasteiger partial charge in [0.25, 0.3) is 0 Å². The molecule has 1 aromatic rings. The minimum absolute atomic E-state index is 0.0397. The van der Waals surface area contributed by atoms with Gasteiger partial charge >= 0.3 is 5.97 Å². The molecule has 2 N–H and O–H groups in total. The molecule has 0 saturated heterocycles. The van der Waals surface area contributed by atoms with Gasteiger partial charge in [0, 0.05) is 17.6 Å². The van der Waals surface area contributed by atoms with Gasteiger partial charge in [-0.1, -0.05) is 18.2 Å². The molecule has 2 rings (SSSR count). The lowest BCUT2D eigenvalue weighted by Crippen LogP contribution is -2.48. The number of benzene rings is 1. The molecule has 0 aliphatic heterocycles. The molecule has 3 nitrogen and oxygen atoms in total. The maximum atomic E-state index is 13.5. The first kappa shape index (κ1) is 12.0. The Morgan fingerprint density at radius 1 is 1.47 bits per heavy atom. The molecule has 3 atom stereocenters. The van der Waals surface area contributed by atoms with Gasteiger partial charge in [-0.3, -0.25) is 4.79 Å². The third kappa shape index (κ3) is 2.47. The highest BCUT2D eigenvalue weighted by Crippen LogP contribution is 2.30. The third-order valence-electron chi connectivity index (χ3n) is 3.43. The van der Waals surface area contributed by atoms with Crippen LogP contribution in [0.25, 0.3) is 0 Å². The van der Waals surface area contributed by atoms with E-state index >= 15 is 0 Å². The molecule has 1 aliphatic carbocycles. The first-order chi connectivity index (χ1) is 8.09. The van der Waals surface area contributed by atoms with Crippen LogP contribution in [0.15, 0.2) is 24.3 Å². The molecule has 1 aliphatic rings. The van der Waals surface area contributed by atoms with Crippen molar-refractivity contribution >= 4 is 5.97 Å². The van der Waals surface area contributed by atoms with Crippen molar-refractivity contribution < 1.29 is 14.3 Å². The van der Waals surface area contributed by atoms with Gasteiger partial charge in [0.1, 0.15) is 5.82 Å². The Labute approximate surface area is 99.7 Å². The van der Waals surface area contributed by atoms with Gasteiger partial charge in [0.2, 0.25) is 0 Å². The van der Waals surface area contributed by atoms with Crippen molar-refractivity contribution in [3.8, 4) is 0 Å². The highest BCUT2D eigenvalue weighted by Gasteiger charge is 2.37. The minimum atomic E-state index is -0.769. The Balaban J connectivity index is 2.00. The third-order valence-corrected chi connectivity index (χ3v) is 3.43. The molecular formula is C13H16FNO2. The van der Waals surface area contributed by atoms with E-state index in [0.717, 1.165) is 6.42 Å². The van der Waals surface area contributed by atoms with Gasteiger partial charge in [-0.05, 0) is 25.8 Å². The number of rotatable bonds is 4. The maximum absolute atomic E-state index is 13.5. The van der Waals surface area contributed by atoms with Crippen LogP contribution < -0.4 is 5.32 Å². The van der Waals surface area contributed by atoms with Crippen molar-refractivity contribution in [1.29, 1.82) is 0 Å².